The first-order valence-corrected chi connectivity index (χ1v) is 7.24. The average molecular weight is 327 g/mol. The van der Waals surface area contributed by atoms with Crippen molar-refractivity contribution in [2.24, 2.45) is 0 Å². The van der Waals surface area contributed by atoms with Gasteiger partial charge in [-0.15, -0.1) is 0 Å². The van der Waals surface area contributed by atoms with E-state index in [1.54, 1.807) is 43.5 Å². The number of aryl methyl sites for hydroxylation is 1. The number of ether oxygens (including phenoxy) is 1. The van der Waals surface area contributed by atoms with Crippen LogP contribution in [0.5, 0.6) is 5.75 Å². The molecule has 23 heavy (non-hydrogen) atoms. The smallest absolute Gasteiger partial charge is 0.266 e. The number of halogens is 1. The molecule has 0 fully saturated rings. The number of amides is 1. The molecule has 116 valence electrons. The van der Waals surface area contributed by atoms with Crippen molar-refractivity contribution >= 4 is 29.3 Å². The molecular formula is C18H15ClN2O2. The topological polar surface area (TPSA) is 62.1 Å². The largest absolute Gasteiger partial charge is 0.496 e. The van der Waals surface area contributed by atoms with Gasteiger partial charge < -0.3 is 10.1 Å². The van der Waals surface area contributed by atoms with Crippen LogP contribution in [0.3, 0.4) is 0 Å². The molecule has 0 unspecified atom stereocenters. The van der Waals surface area contributed by atoms with Gasteiger partial charge in [-0.2, -0.15) is 5.26 Å². The van der Waals surface area contributed by atoms with Gasteiger partial charge in [-0.25, -0.2) is 0 Å². The first-order valence-electron chi connectivity index (χ1n) is 6.87. The third-order valence-electron chi connectivity index (χ3n) is 3.18. The average Bonchev–Trinajstić information content (AvgIpc) is 2.52. The minimum Gasteiger partial charge on any atom is -0.496 e. The maximum absolute atomic E-state index is 12.2. The summed E-state index contributed by atoms with van der Waals surface area (Å²) in [7, 11) is 1.59. The lowest BCUT2D eigenvalue weighted by Gasteiger charge is -2.06. The Balaban J connectivity index is 2.23. The molecule has 1 N–H and O–H groups in total. The summed E-state index contributed by atoms with van der Waals surface area (Å²) >= 11 is 5.87. The molecule has 2 rings (SSSR count). The van der Waals surface area contributed by atoms with E-state index in [9.17, 15) is 10.1 Å². The zero-order valence-corrected chi connectivity index (χ0v) is 13.5. The Morgan fingerprint density at radius 1 is 1.30 bits per heavy atom. The fourth-order valence-electron chi connectivity index (χ4n) is 2.07. The molecule has 0 saturated carbocycles. The van der Waals surface area contributed by atoms with Crippen molar-refractivity contribution in [1.82, 2.24) is 0 Å². The Kier molecular flexibility index (Phi) is 5.40. The molecule has 0 aliphatic heterocycles. The molecule has 4 nitrogen and oxygen atoms in total. The second kappa shape index (κ2) is 7.48. The first kappa shape index (κ1) is 16.6. The van der Waals surface area contributed by atoms with Crippen LogP contribution in [0.1, 0.15) is 11.1 Å². The van der Waals surface area contributed by atoms with Crippen molar-refractivity contribution in [1.29, 1.82) is 5.26 Å². The molecule has 2 aromatic carbocycles. The van der Waals surface area contributed by atoms with Gasteiger partial charge in [0.25, 0.3) is 5.91 Å². The van der Waals surface area contributed by atoms with Crippen LogP contribution in [0, 0.1) is 18.3 Å². The summed E-state index contributed by atoms with van der Waals surface area (Å²) in [5, 5.41) is 12.4. The highest BCUT2D eigenvalue weighted by Gasteiger charge is 2.10. The molecule has 0 radical (unpaired) electrons. The summed E-state index contributed by atoms with van der Waals surface area (Å²) < 4.78 is 5.19. The lowest BCUT2D eigenvalue weighted by molar-refractivity contribution is -0.112. The fraction of sp³-hybridized carbons (Fsp3) is 0.111. The molecule has 0 heterocycles. The zero-order valence-electron chi connectivity index (χ0n) is 12.8. The number of nitriles is 1. The van der Waals surface area contributed by atoms with Gasteiger partial charge in [-0.1, -0.05) is 23.7 Å². The van der Waals surface area contributed by atoms with Crippen molar-refractivity contribution in [3.63, 3.8) is 0 Å². The molecule has 0 atom stereocenters. The van der Waals surface area contributed by atoms with Gasteiger partial charge in [0.2, 0.25) is 0 Å². The Morgan fingerprint density at radius 2 is 2.09 bits per heavy atom. The summed E-state index contributed by atoms with van der Waals surface area (Å²) in [5.74, 6) is 0.271. The Bertz CT molecular complexity index is 807. The third-order valence-corrected chi connectivity index (χ3v) is 3.41. The monoisotopic (exact) mass is 326 g/mol. The van der Waals surface area contributed by atoms with E-state index in [0.717, 1.165) is 16.9 Å². The van der Waals surface area contributed by atoms with Crippen molar-refractivity contribution in [2.75, 3.05) is 12.4 Å². The molecule has 0 aliphatic carbocycles. The van der Waals surface area contributed by atoms with Gasteiger partial charge in [0, 0.05) is 10.7 Å². The van der Waals surface area contributed by atoms with Crippen LogP contribution in [0.2, 0.25) is 5.02 Å². The molecule has 0 spiro atoms. The summed E-state index contributed by atoms with van der Waals surface area (Å²) in [6.45, 7) is 1.90. The second-order valence-corrected chi connectivity index (χ2v) is 5.30. The van der Waals surface area contributed by atoms with E-state index in [-0.39, 0.29) is 5.57 Å². The highest BCUT2D eigenvalue weighted by Crippen LogP contribution is 2.21. The number of carbonyl (C=O) groups excluding carboxylic acids is 1. The Labute approximate surface area is 140 Å². The predicted molar refractivity (Wildman–Crippen MR) is 91.4 cm³/mol. The number of carbonyl (C=O) groups is 1. The van der Waals surface area contributed by atoms with Crippen LogP contribution in [-0.2, 0) is 4.79 Å². The van der Waals surface area contributed by atoms with Gasteiger partial charge >= 0.3 is 0 Å². The lowest BCUT2D eigenvalue weighted by Crippen LogP contribution is -2.13. The number of anilines is 1. The van der Waals surface area contributed by atoms with Crippen molar-refractivity contribution < 1.29 is 9.53 Å². The van der Waals surface area contributed by atoms with E-state index in [2.05, 4.69) is 5.32 Å². The predicted octanol–water partition coefficient (Wildman–Crippen LogP) is 4.20. The van der Waals surface area contributed by atoms with E-state index in [1.165, 1.54) is 6.08 Å². The minimum absolute atomic E-state index is 0.00884. The molecular weight excluding hydrogens is 312 g/mol. The first-order chi connectivity index (χ1) is 11.0. The van der Waals surface area contributed by atoms with Crippen molar-refractivity contribution in [3.05, 3.63) is 64.2 Å². The zero-order chi connectivity index (χ0) is 16.8. The molecule has 1 amide bonds. The van der Waals surface area contributed by atoms with Crippen LogP contribution in [-0.4, -0.2) is 13.0 Å². The highest BCUT2D eigenvalue weighted by atomic mass is 35.5. The van der Waals surface area contributed by atoms with Crippen LogP contribution in [0.15, 0.2) is 48.0 Å². The van der Waals surface area contributed by atoms with Crippen LogP contribution < -0.4 is 10.1 Å². The maximum atomic E-state index is 12.2. The quantitative estimate of drug-likeness (QED) is 0.676. The van der Waals surface area contributed by atoms with Gasteiger partial charge in [-0.3, -0.25) is 4.79 Å². The summed E-state index contributed by atoms with van der Waals surface area (Å²) in [6, 6.07) is 14.1. The van der Waals surface area contributed by atoms with E-state index in [4.69, 9.17) is 16.3 Å². The van der Waals surface area contributed by atoms with Crippen molar-refractivity contribution in [3.8, 4) is 11.8 Å². The second-order valence-electron chi connectivity index (χ2n) is 4.86. The van der Waals surface area contributed by atoms with E-state index in [1.807, 2.05) is 19.1 Å². The Morgan fingerprint density at radius 3 is 2.70 bits per heavy atom. The third kappa shape index (κ3) is 4.35. The maximum Gasteiger partial charge on any atom is 0.266 e. The van der Waals surface area contributed by atoms with Gasteiger partial charge in [0.1, 0.15) is 17.4 Å². The number of hydrogen-bond acceptors (Lipinski definition) is 3. The van der Waals surface area contributed by atoms with Crippen LogP contribution in [0.25, 0.3) is 6.08 Å². The van der Waals surface area contributed by atoms with E-state index < -0.39 is 5.91 Å². The van der Waals surface area contributed by atoms with Crippen LogP contribution in [0.4, 0.5) is 5.69 Å². The standard InChI is InChI=1S/C18H15ClN2O2/c1-12-8-13(6-7-17(12)23-2)9-14(11-20)18(22)21-16-5-3-4-15(19)10-16/h3-10H,1-2H3,(H,21,22)/b14-9-. The molecule has 0 aliphatic rings. The molecule has 2 aromatic rings. The number of nitrogens with one attached hydrogen (secondary N) is 1. The van der Waals surface area contributed by atoms with E-state index >= 15 is 0 Å². The number of rotatable bonds is 4. The Hall–Kier alpha value is -2.77. The number of nitrogens with zero attached hydrogens (tertiary/aromatic N) is 1. The number of hydrogen-bond donors (Lipinski definition) is 1. The van der Waals surface area contributed by atoms with Gasteiger partial charge in [-0.05, 0) is 54.5 Å². The summed E-state index contributed by atoms with van der Waals surface area (Å²) in [4.78, 5) is 12.2. The summed E-state index contributed by atoms with van der Waals surface area (Å²) in [5.41, 5.74) is 2.22. The molecule has 0 bridgehead atoms. The fourth-order valence-corrected chi connectivity index (χ4v) is 2.26. The molecule has 0 saturated heterocycles. The normalized spacial score (nSPS) is 10.8. The van der Waals surface area contributed by atoms with E-state index in [0.29, 0.717) is 10.7 Å². The SMILES string of the molecule is COc1ccc(/C=C(/C#N)C(=O)Nc2cccc(Cl)c2)cc1C. The number of methoxy groups -OCH3 is 1. The minimum atomic E-state index is -0.483. The highest BCUT2D eigenvalue weighted by molar-refractivity contribution is 6.31. The summed E-state index contributed by atoms with van der Waals surface area (Å²) in [6.07, 6.45) is 1.53. The number of benzene rings is 2. The van der Waals surface area contributed by atoms with Gasteiger partial charge in [0.05, 0.1) is 7.11 Å². The molecule has 5 heteroatoms. The lowest BCUT2D eigenvalue weighted by atomic mass is 10.1. The van der Waals surface area contributed by atoms with Gasteiger partial charge in [0.15, 0.2) is 0 Å². The van der Waals surface area contributed by atoms with Crippen LogP contribution >= 0.6 is 11.6 Å². The van der Waals surface area contributed by atoms with Crippen molar-refractivity contribution in [2.45, 2.75) is 6.92 Å². The molecule has 0 aromatic heterocycles.